The van der Waals surface area contributed by atoms with Crippen LogP contribution < -0.4 is 14.2 Å². The molecule has 2 rings (SSSR count). The summed E-state index contributed by atoms with van der Waals surface area (Å²) in [6, 6.07) is 11.6. The van der Waals surface area contributed by atoms with Crippen LogP contribution in [0.25, 0.3) is 6.08 Å². The maximum absolute atomic E-state index is 12.0. The van der Waals surface area contributed by atoms with Gasteiger partial charge in [-0.15, -0.1) is 0 Å². The number of methoxy groups -OCH3 is 1. The Morgan fingerprint density at radius 1 is 1.19 bits per heavy atom. The van der Waals surface area contributed by atoms with E-state index in [1.54, 1.807) is 36.4 Å². The van der Waals surface area contributed by atoms with E-state index in [1.807, 2.05) is 0 Å². The molecule has 0 heterocycles. The fourth-order valence-electron chi connectivity index (χ4n) is 2.13. The van der Waals surface area contributed by atoms with Crippen LogP contribution in [0.3, 0.4) is 0 Å². The van der Waals surface area contributed by atoms with Crippen LogP contribution in [-0.4, -0.2) is 24.6 Å². The number of halogens is 1. The first-order valence-electron chi connectivity index (χ1n) is 8.06. The number of nitrogens with zero attached hydrogens (tertiary/aromatic N) is 1. The van der Waals surface area contributed by atoms with Crippen molar-refractivity contribution in [2.45, 2.75) is 12.8 Å². The number of carbonyl (C=O) groups is 1. The van der Waals surface area contributed by atoms with Crippen molar-refractivity contribution in [2.24, 2.45) is 0 Å². The van der Waals surface area contributed by atoms with Gasteiger partial charge in [0.2, 0.25) is 6.20 Å². The van der Waals surface area contributed by atoms with Gasteiger partial charge in [0, 0.05) is 17.5 Å². The molecular formula is C19H18ClNO6. The molecule has 0 spiro atoms. The number of rotatable bonds is 9. The lowest BCUT2D eigenvalue weighted by Gasteiger charge is -2.10. The lowest BCUT2D eigenvalue weighted by Crippen LogP contribution is -2.10. The number of hydrogen-bond acceptors (Lipinski definition) is 6. The number of nitro groups is 1. The first-order chi connectivity index (χ1) is 13.0. The topological polar surface area (TPSA) is 87.9 Å². The molecular weight excluding hydrogens is 374 g/mol. The van der Waals surface area contributed by atoms with Gasteiger partial charge in [-0.2, -0.15) is 0 Å². The van der Waals surface area contributed by atoms with Gasteiger partial charge in [0.15, 0.2) is 11.5 Å². The van der Waals surface area contributed by atoms with Crippen LogP contribution >= 0.6 is 11.6 Å². The largest absolute Gasteiger partial charge is 0.494 e. The number of ether oxygens (including phenoxy) is 3. The molecule has 2 aromatic carbocycles. The van der Waals surface area contributed by atoms with Gasteiger partial charge in [-0.1, -0.05) is 17.7 Å². The summed E-state index contributed by atoms with van der Waals surface area (Å²) in [5.41, 5.74) is 0.555. The van der Waals surface area contributed by atoms with Crippen molar-refractivity contribution in [3.05, 3.63) is 69.4 Å². The molecule has 27 heavy (non-hydrogen) atoms. The Kier molecular flexibility index (Phi) is 7.63. The van der Waals surface area contributed by atoms with Gasteiger partial charge in [0.05, 0.1) is 18.6 Å². The van der Waals surface area contributed by atoms with Gasteiger partial charge >= 0.3 is 5.97 Å². The predicted molar refractivity (Wildman–Crippen MR) is 101 cm³/mol. The van der Waals surface area contributed by atoms with E-state index in [9.17, 15) is 14.9 Å². The quantitative estimate of drug-likeness (QED) is 0.207. The first-order valence-corrected chi connectivity index (χ1v) is 8.44. The molecule has 0 amide bonds. The standard InChI is InChI=1S/C19H18ClNO6/c1-25-18-13-14(10-11-21(23)24)4-9-17(18)27-19(22)3-2-12-26-16-7-5-15(20)6-8-16/h4-11,13H,2-3,12H2,1H3/b11-10+. The normalized spacial score (nSPS) is 10.6. The van der Waals surface area contributed by atoms with Crippen molar-refractivity contribution >= 4 is 23.6 Å². The highest BCUT2D eigenvalue weighted by Crippen LogP contribution is 2.29. The minimum atomic E-state index is -0.563. The molecule has 0 bridgehead atoms. The van der Waals surface area contributed by atoms with E-state index in [0.29, 0.717) is 35.1 Å². The second-order valence-corrected chi connectivity index (χ2v) is 5.83. The van der Waals surface area contributed by atoms with Crippen LogP contribution in [0.4, 0.5) is 0 Å². The SMILES string of the molecule is COc1cc(/C=C/[N+](=O)[O-])ccc1OC(=O)CCCOc1ccc(Cl)cc1. The zero-order valence-corrected chi connectivity index (χ0v) is 15.3. The van der Waals surface area contributed by atoms with Crippen LogP contribution in [0.15, 0.2) is 48.7 Å². The summed E-state index contributed by atoms with van der Waals surface area (Å²) in [4.78, 5) is 21.8. The second-order valence-electron chi connectivity index (χ2n) is 5.39. The zero-order valence-electron chi connectivity index (χ0n) is 14.6. The molecule has 0 fully saturated rings. The smallest absolute Gasteiger partial charge is 0.311 e. The lowest BCUT2D eigenvalue weighted by molar-refractivity contribution is -0.400. The monoisotopic (exact) mass is 391 g/mol. The van der Waals surface area contributed by atoms with Crippen LogP contribution in [0, 0.1) is 10.1 Å². The summed E-state index contributed by atoms with van der Waals surface area (Å²) < 4.78 is 16.0. The van der Waals surface area contributed by atoms with Crippen molar-refractivity contribution in [3.8, 4) is 17.2 Å². The van der Waals surface area contributed by atoms with E-state index >= 15 is 0 Å². The Balaban J connectivity index is 1.83. The molecule has 0 N–H and O–H groups in total. The van der Waals surface area contributed by atoms with Gasteiger partial charge in [0.1, 0.15) is 5.75 Å². The third kappa shape index (κ3) is 6.99. The van der Waals surface area contributed by atoms with Crippen LogP contribution in [0.5, 0.6) is 17.2 Å². The maximum Gasteiger partial charge on any atom is 0.311 e. The van der Waals surface area contributed by atoms with Crippen LogP contribution in [0.2, 0.25) is 5.02 Å². The molecule has 8 heteroatoms. The van der Waals surface area contributed by atoms with Gasteiger partial charge in [-0.25, -0.2) is 0 Å². The molecule has 0 aliphatic carbocycles. The Morgan fingerprint density at radius 2 is 1.93 bits per heavy atom. The summed E-state index contributed by atoms with van der Waals surface area (Å²) in [6.45, 7) is 0.360. The maximum atomic E-state index is 12.0. The highest BCUT2D eigenvalue weighted by atomic mass is 35.5. The lowest BCUT2D eigenvalue weighted by atomic mass is 10.2. The van der Waals surface area contributed by atoms with Gasteiger partial charge in [-0.3, -0.25) is 14.9 Å². The molecule has 0 saturated carbocycles. The van der Waals surface area contributed by atoms with Crippen molar-refractivity contribution in [1.29, 1.82) is 0 Å². The van der Waals surface area contributed by atoms with Crippen molar-refractivity contribution < 1.29 is 23.9 Å². The molecule has 142 valence electrons. The number of esters is 1. The van der Waals surface area contributed by atoms with Crippen LogP contribution in [-0.2, 0) is 4.79 Å². The highest BCUT2D eigenvalue weighted by molar-refractivity contribution is 6.30. The summed E-state index contributed by atoms with van der Waals surface area (Å²) >= 11 is 5.80. The zero-order chi connectivity index (χ0) is 19.6. The molecule has 2 aromatic rings. The summed E-state index contributed by atoms with van der Waals surface area (Å²) in [5, 5.41) is 11.0. The highest BCUT2D eigenvalue weighted by Gasteiger charge is 2.11. The summed E-state index contributed by atoms with van der Waals surface area (Å²) in [5.74, 6) is 0.806. The number of benzene rings is 2. The summed E-state index contributed by atoms with van der Waals surface area (Å²) in [6.07, 6.45) is 2.79. The predicted octanol–water partition coefficient (Wildman–Crippen LogP) is 4.36. The van der Waals surface area contributed by atoms with Crippen molar-refractivity contribution in [3.63, 3.8) is 0 Å². The second kappa shape index (κ2) is 10.2. The molecule has 0 radical (unpaired) electrons. The molecule has 0 aromatic heterocycles. The summed E-state index contributed by atoms with van der Waals surface area (Å²) in [7, 11) is 1.42. The van der Waals surface area contributed by atoms with Crippen molar-refractivity contribution in [1.82, 2.24) is 0 Å². The first kappa shape index (κ1) is 20.3. The molecule has 0 aliphatic rings. The number of hydrogen-bond donors (Lipinski definition) is 0. The third-order valence-electron chi connectivity index (χ3n) is 3.41. The third-order valence-corrected chi connectivity index (χ3v) is 3.66. The molecule has 0 aliphatic heterocycles. The van der Waals surface area contributed by atoms with E-state index in [-0.39, 0.29) is 12.2 Å². The van der Waals surface area contributed by atoms with E-state index in [1.165, 1.54) is 19.3 Å². The fraction of sp³-hybridized carbons (Fsp3) is 0.211. The molecule has 7 nitrogen and oxygen atoms in total. The molecule has 0 saturated heterocycles. The van der Waals surface area contributed by atoms with Crippen LogP contribution in [0.1, 0.15) is 18.4 Å². The van der Waals surface area contributed by atoms with Gasteiger partial charge in [0.25, 0.3) is 0 Å². The number of carbonyl (C=O) groups excluding carboxylic acids is 1. The fourth-order valence-corrected chi connectivity index (χ4v) is 2.26. The Bertz CT molecular complexity index is 819. The van der Waals surface area contributed by atoms with E-state index in [2.05, 4.69) is 0 Å². The Hall–Kier alpha value is -3.06. The Morgan fingerprint density at radius 3 is 2.59 bits per heavy atom. The molecule has 0 atom stereocenters. The molecule has 0 unspecified atom stereocenters. The minimum absolute atomic E-state index is 0.166. The van der Waals surface area contributed by atoms with Gasteiger partial charge < -0.3 is 14.2 Å². The van der Waals surface area contributed by atoms with Crippen molar-refractivity contribution in [2.75, 3.05) is 13.7 Å². The van der Waals surface area contributed by atoms with Gasteiger partial charge in [-0.05, 0) is 48.4 Å². The minimum Gasteiger partial charge on any atom is -0.494 e. The van der Waals surface area contributed by atoms with E-state index in [0.717, 1.165) is 6.20 Å². The Labute approximate surface area is 161 Å². The van der Waals surface area contributed by atoms with E-state index in [4.69, 9.17) is 25.8 Å². The average molecular weight is 392 g/mol. The average Bonchev–Trinajstić information content (AvgIpc) is 2.65. The van der Waals surface area contributed by atoms with E-state index < -0.39 is 10.9 Å².